The lowest BCUT2D eigenvalue weighted by atomic mass is 9.78. The second-order valence-corrected chi connectivity index (χ2v) is 8.67. The van der Waals surface area contributed by atoms with Crippen molar-refractivity contribution in [2.24, 2.45) is 11.1 Å². The van der Waals surface area contributed by atoms with Crippen molar-refractivity contribution in [1.29, 1.82) is 0 Å². The Hall–Kier alpha value is -2.12. The van der Waals surface area contributed by atoms with Gasteiger partial charge in [0.25, 0.3) is 0 Å². The summed E-state index contributed by atoms with van der Waals surface area (Å²) in [5, 5.41) is 9.55. The Kier molecular flexibility index (Phi) is 4.86. The van der Waals surface area contributed by atoms with Gasteiger partial charge in [0.1, 0.15) is 11.4 Å². The van der Waals surface area contributed by atoms with Gasteiger partial charge in [-0.1, -0.05) is 25.4 Å². The van der Waals surface area contributed by atoms with Crippen molar-refractivity contribution in [1.82, 2.24) is 4.57 Å². The van der Waals surface area contributed by atoms with Crippen molar-refractivity contribution in [3.63, 3.8) is 0 Å². The van der Waals surface area contributed by atoms with Gasteiger partial charge in [-0.2, -0.15) is 0 Å². The van der Waals surface area contributed by atoms with Crippen molar-refractivity contribution in [3.8, 4) is 0 Å². The summed E-state index contributed by atoms with van der Waals surface area (Å²) >= 11 is 6.71. The molecule has 8 heteroatoms. The fraction of sp³-hybridized carbons (Fsp3) is 0.524. The predicted octanol–water partition coefficient (Wildman–Crippen LogP) is 3.78. The van der Waals surface area contributed by atoms with E-state index in [9.17, 15) is 14.7 Å². The van der Waals surface area contributed by atoms with Gasteiger partial charge >= 0.3 is 5.97 Å². The maximum absolute atomic E-state index is 15.2. The van der Waals surface area contributed by atoms with Crippen LogP contribution < -0.4 is 16.1 Å². The van der Waals surface area contributed by atoms with Crippen LogP contribution in [-0.4, -0.2) is 34.8 Å². The molecule has 2 heterocycles. The molecule has 1 aliphatic heterocycles. The van der Waals surface area contributed by atoms with Crippen LogP contribution in [0.4, 0.5) is 10.1 Å². The van der Waals surface area contributed by atoms with Crippen LogP contribution in [0.2, 0.25) is 5.02 Å². The molecule has 1 saturated carbocycles. The van der Waals surface area contributed by atoms with Gasteiger partial charge in [0.2, 0.25) is 5.43 Å². The molecular weight excluding hydrogens is 397 g/mol. The summed E-state index contributed by atoms with van der Waals surface area (Å²) in [7, 11) is 0. The van der Waals surface area contributed by atoms with Gasteiger partial charge in [-0.25, -0.2) is 9.18 Å². The Balaban J connectivity index is 1.94. The van der Waals surface area contributed by atoms with Gasteiger partial charge in [0.15, 0.2) is 0 Å². The Labute approximate surface area is 173 Å². The third kappa shape index (κ3) is 3.02. The predicted molar refractivity (Wildman–Crippen MR) is 112 cm³/mol. The van der Waals surface area contributed by atoms with E-state index in [-0.39, 0.29) is 39.2 Å². The second-order valence-electron chi connectivity index (χ2n) is 8.29. The first-order valence-electron chi connectivity index (χ1n) is 10.0. The van der Waals surface area contributed by atoms with E-state index in [1.54, 1.807) is 4.57 Å². The van der Waals surface area contributed by atoms with Crippen molar-refractivity contribution < 1.29 is 14.3 Å². The van der Waals surface area contributed by atoms with Crippen LogP contribution in [0.25, 0.3) is 10.9 Å². The number of aromatic nitrogens is 1. The van der Waals surface area contributed by atoms with E-state index in [1.165, 1.54) is 6.20 Å². The fourth-order valence-electron chi connectivity index (χ4n) is 4.68. The molecule has 1 saturated heterocycles. The van der Waals surface area contributed by atoms with Crippen molar-refractivity contribution in [2.45, 2.75) is 51.6 Å². The van der Waals surface area contributed by atoms with E-state index in [4.69, 9.17) is 17.3 Å². The van der Waals surface area contributed by atoms with Gasteiger partial charge in [-0.15, -0.1) is 0 Å². The molecule has 4 rings (SSSR count). The van der Waals surface area contributed by atoms with Crippen LogP contribution in [0, 0.1) is 11.2 Å². The summed E-state index contributed by atoms with van der Waals surface area (Å²) in [4.78, 5) is 26.1. The van der Waals surface area contributed by atoms with Crippen LogP contribution in [0.15, 0.2) is 17.1 Å². The molecule has 0 amide bonds. The normalized spacial score (nSPS) is 21.1. The number of nitrogens with two attached hydrogens (primary N) is 1. The number of fused-ring (bicyclic) bond motifs is 1. The minimum Gasteiger partial charge on any atom is -0.477 e. The molecule has 1 aromatic heterocycles. The maximum Gasteiger partial charge on any atom is 0.341 e. The lowest BCUT2D eigenvalue weighted by Crippen LogP contribution is -2.39. The number of aromatic carboxylic acids is 1. The Bertz CT molecular complexity index is 1060. The molecule has 6 nitrogen and oxygen atoms in total. The van der Waals surface area contributed by atoms with Crippen LogP contribution in [0.1, 0.15) is 55.9 Å². The first kappa shape index (κ1) is 20.2. The fourth-order valence-corrected chi connectivity index (χ4v) is 5.08. The number of carbonyl (C=O) groups is 1. The number of carboxylic acid groups (broad SMARTS) is 1. The molecule has 0 bridgehead atoms. The maximum atomic E-state index is 15.2. The van der Waals surface area contributed by atoms with E-state index >= 15 is 4.39 Å². The number of hydrogen-bond donors (Lipinski definition) is 2. The molecule has 1 aromatic carbocycles. The summed E-state index contributed by atoms with van der Waals surface area (Å²) in [6.45, 7) is 5.24. The zero-order valence-electron chi connectivity index (χ0n) is 16.5. The molecular formula is C21H25ClFN3O3. The number of rotatable bonds is 5. The number of pyridine rings is 1. The standard InChI is InChI=1S/C21H25ClFN3O3/c1-3-21(4-2)10-25(9-15(21)24)18-14(23)7-12-17(16(18)22)26(11-5-6-11)8-13(19(12)27)20(28)29/h7-8,11,15H,3-6,9-10,24H2,1-2H3,(H,28,29)/t15-/m0/s1. The average Bonchev–Trinajstić information content (AvgIpc) is 3.46. The zero-order chi connectivity index (χ0) is 21.1. The van der Waals surface area contributed by atoms with Crippen LogP contribution in [-0.2, 0) is 0 Å². The first-order chi connectivity index (χ1) is 13.7. The van der Waals surface area contributed by atoms with E-state index in [0.29, 0.717) is 18.6 Å². The summed E-state index contributed by atoms with van der Waals surface area (Å²) < 4.78 is 16.9. The van der Waals surface area contributed by atoms with Gasteiger partial charge in [0, 0.05) is 36.8 Å². The summed E-state index contributed by atoms with van der Waals surface area (Å²) in [5.74, 6) is -1.95. The lowest BCUT2D eigenvalue weighted by molar-refractivity contribution is 0.0695. The third-order valence-electron chi connectivity index (χ3n) is 6.79. The van der Waals surface area contributed by atoms with Gasteiger partial charge in [-0.3, -0.25) is 4.79 Å². The van der Waals surface area contributed by atoms with Crippen LogP contribution in [0.3, 0.4) is 0 Å². The molecule has 156 valence electrons. The summed E-state index contributed by atoms with van der Waals surface area (Å²) in [6.07, 6.45) is 4.83. The molecule has 1 aliphatic carbocycles. The first-order valence-corrected chi connectivity index (χ1v) is 10.4. The summed E-state index contributed by atoms with van der Waals surface area (Å²) in [5.41, 5.74) is 5.86. The lowest BCUT2D eigenvalue weighted by Gasteiger charge is -2.30. The zero-order valence-corrected chi connectivity index (χ0v) is 17.3. The second kappa shape index (κ2) is 6.99. The molecule has 0 radical (unpaired) electrons. The van der Waals surface area contributed by atoms with E-state index in [0.717, 1.165) is 31.7 Å². The van der Waals surface area contributed by atoms with Crippen molar-refractivity contribution in [2.75, 3.05) is 18.0 Å². The molecule has 0 unspecified atom stereocenters. The molecule has 29 heavy (non-hydrogen) atoms. The highest BCUT2D eigenvalue weighted by Crippen LogP contribution is 2.45. The molecule has 2 aromatic rings. The number of carboxylic acids is 1. The van der Waals surface area contributed by atoms with E-state index in [2.05, 4.69) is 13.8 Å². The Morgan fingerprint density at radius 3 is 2.55 bits per heavy atom. The molecule has 0 spiro atoms. The SMILES string of the molecule is CCC1(CC)CN(c2c(F)cc3c(=O)c(C(=O)O)cn(C4CC4)c3c2Cl)C[C@@H]1N. The summed E-state index contributed by atoms with van der Waals surface area (Å²) in [6, 6.07) is 1.09. The minimum absolute atomic E-state index is 0.00351. The van der Waals surface area contributed by atoms with E-state index in [1.807, 2.05) is 4.90 Å². The Morgan fingerprint density at radius 1 is 1.38 bits per heavy atom. The number of nitrogens with zero attached hydrogens (tertiary/aromatic N) is 2. The van der Waals surface area contributed by atoms with Gasteiger partial charge in [0.05, 0.1) is 21.6 Å². The number of halogens is 2. The topological polar surface area (TPSA) is 88.6 Å². The number of benzene rings is 1. The highest BCUT2D eigenvalue weighted by atomic mass is 35.5. The molecule has 3 N–H and O–H groups in total. The van der Waals surface area contributed by atoms with Gasteiger partial charge in [-0.05, 0) is 31.7 Å². The van der Waals surface area contributed by atoms with E-state index < -0.39 is 17.2 Å². The smallest absolute Gasteiger partial charge is 0.341 e. The largest absolute Gasteiger partial charge is 0.477 e. The number of anilines is 1. The van der Waals surface area contributed by atoms with Gasteiger partial charge < -0.3 is 20.3 Å². The van der Waals surface area contributed by atoms with Crippen LogP contribution >= 0.6 is 11.6 Å². The monoisotopic (exact) mass is 421 g/mol. The third-order valence-corrected chi connectivity index (χ3v) is 7.15. The van der Waals surface area contributed by atoms with Crippen LogP contribution in [0.5, 0.6) is 0 Å². The van der Waals surface area contributed by atoms with Crippen molar-refractivity contribution >= 4 is 34.2 Å². The van der Waals surface area contributed by atoms with Crippen molar-refractivity contribution in [3.05, 3.63) is 38.9 Å². The molecule has 2 aliphatic rings. The average molecular weight is 422 g/mol. The molecule has 2 fully saturated rings. The highest BCUT2D eigenvalue weighted by molar-refractivity contribution is 6.38. The highest BCUT2D eigenvalue weighted by Gasteiger charge is 2.43. The minimum atomic E-state index is -1.33. The molecule has 1 atom stereocenters. The number of hydrogen-bond acceptors (Lipinski definition) is 4. The Morgan fingerprint density at radius 2 is 2.03 bits per heavy atom. The quantitative estimate of drug-likeness (QED) is 0.766.